The van der Waals surface area contributed by atoms with Gasteiger partial charge in [0, 0.05) is 29.9 Å². The predicted octanol–water partition coefficient (Wildman–Crippen LogP) is 3.92. The lowest BCUT2D eigenvalue weighted by atomic mass is 9.97. The van der Waals surface area contributed by atoms with Gasteiger partial charge in [0.1, 0.15) is 5.82 Å². The van der Waals surface area contributed by atoms with E-state index in [-0.39, 0.29) is 17.4 Å². The Hall–Kier alpha value is -3.65. The number of amides is 1. The monoisotopic (exact) mass is 480 g/mol. The smallest absolute Gasteiger partial charge is 0.338 e. The Kier molecular flexibility index (Phi) is 7.27. The summed E-state index contributed by atoms with van der Waals surface area (Å²) in [6, 6.07) is 16.7. The molecule has 1 aromatic heterocycles. The predicted molar refractivity (Wildman–Crippen MR) is 131 cm³/mol. The third kappa shape index (κ3) is 5.46. The normalized spacial score (nSPS) is 15.6. The Balaban J connectivity index is 1.45. The van der Waals surface area contributed by atoms with Crippen LogP contribution < -0.4 is 15.8 Å². The van der Waals surface area contributed by atoms with Gasteiger partial charge in [0.25, 0.3) is 5.56 Å². The highest BCUT2D eigenvalue weighted by atomic mass is 35.5. The number of hydrogen-bond donors (Lipinski definition) is 1. The fourth-order valence-electron chi connectivity index (χ4n) is 3.91. The number of halogens is 1. The number of benzene rings is 2. The molecular formula is C25H25ClN4O4. The summed E-state index contributed by atoms with van der Waals surface area (Å²) in [5.41, 5.74) is 1.37. The molecule has 1 aliphatic heterocycles. The molecule has 1 saturated heterocycles. The zero-order chi connectivity index (χ0) is 24.1. The first-order valence-corrected chi connectivity index (χ1v) is 11.5. The highest BCUT2D eigenvalue weighted by Crippen LogP contribution is 2.23. The maximum atomic E-state index is 12.9. The van der Waals surface area contributed by atoms with Crippen molar-refractivity contribution in [2.45, 2.75) is 19.8 Å². The standard InChI is InChI=1S/C25H25ClN4O4/c1-2-34-25(33)17-8-10-20(11-9-17)27-24(32)18-5-4-14-29(16-18)22-12-13-23(31)30(28-22)21-7-3-6-19(26)15-21/h3,6-13,15,18H,2,4-5,14,16H2,1H3,(H,27,32). The molecule has 0 radical (unpaired) electrons. The molecule has 1 fully saturated rings. The number of ether oxygens (including phenoxy) is 1. The van der Waals surface area contributed by atoms with E-state index in [0.717, 1.165) is 19.4 Å². The van der Waals surface area contributed by atoms with Crippen molar-refractivity contribution >= 4 is 35.0 Å². The van der Waals surface area contributed by atoms with Crippen molar-refractivity contribution in [1.82, 2.24) is 9.78 Å². The molecule has 2 aromatic carbocycles. The summed E-state index contributed by atoms with van der Waals surface area (Å²) in [6.45, 7) is 3.27. The van der Waals surface area contributed by atoms with E-state index in [9.17, 15) is 14.4 Å². The van der Waals surface area contributed by atoms with Crippen LogP contribution in [0.15, 0.2) is 65.5 Å². The molecule has 176 valence electrons. The molecule has 2 heterocycles. The first kappa shape index (κ1) is 23.5. The third-order valence-corrected chi connectivity index (χ3v) is 5.85. The SMILES string of the molecule is CCOC(=O)c1ccc(NC(=O)C2CCCN(c3ccc(=O)n(-c4cccc(Cl)c4)n3)C2)cc1. The average Bonchev–Trinajstić information content (AvgIpc) is 2.85. The van der Waals surface area contributed by atoms with E-state index in [1.807, 2.05) is 4.90 Å². The van der Waals surface area contributed by atoms with Crippen molar-refractivity contribution in [1.29, 1.82) is 0 Å². The van der Waals surface area contributed by atoms with Gasteiger partial charge < -0.3 is 15.0 Å². The van der Waals surface area contributed by atoms with Gasteiger partial charge in [-0.2, -0.15) is 4.68 Å². The van der Waals surface area contributed by atoms with E-state index >= 15 is 0 Å². The quantitative estimate of drug-likeness (QED) is 0.537. The summed E-state index contributed by atoms with van der Waals surface area (Å²) >= 11 is 6.07. The number of piperidine rings is 1. The van der Waals surface area contributed by atoms with Gasteiger partial charge in [0.2, 0.25) is 5.91 Å². The maximum Gasteiger partial charge on any atom is 0.338 e. The minimum atomic E-state index is -0.394. The molecule has 4 rings (SSSR count). The van der Waals surface area contributed by atoms with E-state index in [2.05, 4.69) is 10.4 Å². The van der Waals surface area contributed by atoms with Gasteiger partial charge in [0.15, 0.2) is 0 Å². The minimum absolute atomic E-state index is 0.100. The van der Waals surface area contributed by atoms with Crippen molar-refractivity contribution in [3.8, 4) is 5.69 Å². The van der Waals surface area contributed by atoms with Crippen molar-refractivity contribution in [2.75, 3.05) is 29.9 Å². The fraction of sp³-hybridized carbons (Fsp3) is 0.280. The van der Waals surface area contributed by atoms with Gasteiger partial charge in [-0.25, -0.2) is 4.79 Å². The summed E-state index contributed by atoms with van der Waals surface area (Å²) in [5, 5.41) is 7.96. The van der Waals surface area contributed by atoms with Crippen LogP contribution in [0, 0.1) is 5.92 Å². The van der Waals surface area contributed by atoms with Crippen molar-refractivity contribution in [3.05, 3.63) is 81.6 Å². The lowest BCUT2D eigenvalue weighted by Gasteiger charge is -2.33. The van der Waals surface area contributed by atoms with Crippen LogP contribution in [-0.4, -0.2) is 41.4 Å². The average molecular weight is 481 g/mol. The van der Waals surface area contributed by atoms with Gasteiger partial charge in [-0.3, -0.25) is 9.59 Å². The van der Waals surface area contributed by atoms with Crippen LogP contribution in [0.1, 0.15) is 30.1 Å². The number of carbonyl (C=O) groups excluding carboxylic acids is 2. The van der Waals surface area contributed by atoms with Crippen LogP contribution in [0.3, 0.4) is 0 Å². The van der Waals surface area contributed by atoms with Crippen LogP contribution in [0.4, 0.5) is 11.5 Å². The number of nitrogens with one attached hydrogen (secondary N) is 1. The second kappa shape index (κ2) is 10.5. The molecule has 1 amide bonds. The second-order valence-corrected chi connectivity index (χ2v) is 8.43. The number of aromatic nitrogens is 2. The third-order valence-electron chi connectivity index (χ3n) is 5.62. The van der Waals surface area contributed by atoms with Crippen molar-refractivity contribution < 1.29 is 14.3 Å². The molecule has 0 saturated carbocycles. The van der Waals surface area contributed by atoms with Crippen LogP contribution in [-0.2, 0) is 9.53 Å². The molecule has 1 unspecified atom stereocenters. The summed E-state index contributed by atoms with van der Waals surface area (Å²) in [7, 11) is 0. The lowest BCUT2D eigenvalue weighted by Crippen LogP contribution is -2.41. The van der Waals surface area contributed by atoms with E-state index in [1.165, 1.54) is 10.7 Å². The molecule has 1 aliphatic rings. The van der Waals surface area contributed by atoms with E-state index in [0.29, 0.717) is 40.9 Å². The molecule has 3 aromatic rings. The summed E-state index contributed by atoms with van der Waals surface area (Å²) in [6.07, 6.45) is 1.56. The van der Waals surface area contributed by atoms with Gasteiger partial charge >= 0.3 is 5.97 Å². The Morgan fingerprint density at radius 2 is 1.94 bits per heavy atom. The van der Waals surface area contributed by atoms with Crippen LogP contribution in [0.5, 0.6) is 0 Å². The molecule has 1 atom stereocenters. The highest BCUT2D eigenvalue weighted by molar-refractivity contribution is 6.30. The Morgan fingerprint density at radius 1 is 1.15 bits per heavy atom. The van der Waals surface area contributed by atoms with E-state index < -0.39 is 5.97 Å². The first-order chi connectivity index (χ1) is 16.4. The van der Waals surface area contributed by atoms with E-state index in [4.69, 9.17) is 16.3 Å². The summed E-state index contributed by atoms with van der Waals surface area (Å²) < 4.78 is 6.30. The zero-order valence-electron chi connectivity index (χ0n) is 18.7. The first-order valence-electron chi connectivity index (χ1n) is 11.1. The number of nitrogens with zero attached hydrogens (tertiary/aromatic N) is 3. The fourth-order valence-corrected chi connectivity index (χ4v) is 4.10. The lowest BCUT2D eigenvalue weighted by molar-refractivity contribution is -0.120. The second-order valence-electron chi connectivity index (χ2n) is 7.99. The van der Waals surface area contributed by atoms with Gasteiger partial charge in [0.05, 0.1) is 23.8 Å². The Bertz CT molecular complexity index is 1240. The number of carbonyl (C=O) groups is 2. The Labute approximate surface area is 202 Å². The van der Waals surface area contributed by atoms with Crippen molar-refractivity contribution in [3.63, 3.8) is 0 Å². The molecule has 0 aliphatic carbocycles. The number of esters is 1. The highest BCUT2D eigenvalue weighted by Gasteiger charge is 2.27. The molecular weight excluding hydrogens is 456 g/mol. The van der Waals surface area contributed by atoms with Crippen molar-refractivity contribution in [2.24, 2.45) is 5.92 Å². The molecule has 0 spiro atoms. The largest absolute Gasteiger partial charge is 0.462 e. The van der Waals surface area contributed by atoms with Crippen LogP contribution in [0.25, 0.3) is 5.69 Å². The zero-order valence-corrected chi connectivity index (χ0v) is 19.5. The van der Waals surface area contributed by atoms with Gasteiger partial charge in [-0.05, 0) is 68.3 Å². The Morgan fingerprint density at radius 3 is 2.68 bits per heavy atom. The molecule has 8 nitrogen and oxygen atoms in total. The molecule has 34 heavy (non-hydrogen) atoms. The number of rotatable bonds is 6. The van der Waals surface area contributed by atoms with E-state index in [1.54, 1.807) is 61.5 Å². The minimum Gasteiger partial charge on any atom is -0.462 e. The van der Waals surface area contributed by atoms with Gasteiger partial charge in [-0.15, -0.1) is 5.10 Å². The summed E-state index contributed by atoms with van der Waals surface area (Å²) in [4.78, 5) is 39.1. The number of anilines is 2. The molecule has 9 heteroatoms. The molecule has 0 bridgehead atoms. The van der Waals surface area contributed by atoms with Crippen LogP contribution >= 0.6 is 11.6 Å². The molecule has 1 N–H and O–H groups in total. The van der Waals surface area contributed by atoms with Gasteiger partial charge in [-0.1, -0.05) is 17.7 Å². The maximum absolute atomic E-state index is 12.9. The summed E-state index contributed by atoms with van der Waals surface area (Å²) in [5.74, 6) is -0.116. The van der Waals surface area contributed by atoms with Crippen LogP contribution in [0.2, 0.25) is 5.02 Å². The topological polar surface area (TPSA) is 93.5 Å². The number of hydrogen-bond acceptors (Lipinski definition) is 6.